The molecule has 4 N–H and O–H groups in total. The lowest BCUT2D eigenvalue weighted by atomic mass is 10.1. The predicted molar refractivity (Wildman–Crippen MR) is 106 cm³/mol. The quantitative estimate of drug-likeness (QED) is 0.583. The van der Waals surface area contributed by atoms with Crippen molar-refractivity contribution in [2.24, 2.45) is 5.73 Å². The molecular weight excluding hydrogens is 380 g/mol. The fourth-order valence-corrected chi connectivity index (χ4v) is 4.36. The van der Waals surface area contributed by atoms with Crippen LogP contribution in [0.5, 0.6) is 0 Å². The van der Waals surface area contributed by atoms with Crippen molar-refractivity contribution in [1.29, 1.82) is 0 Å². The van der Waals surface area contributed by atoms with E-state index in [4.69, 9.17) is 5.73 Å². The normalized spacial score (nSPS) is 20.3. The van der Waals surface area contributed by atoms with Crippen molar-refractivity contribution in [2.75, 3.05) is 13.1 Å². The van der Waals surface area contributed by atoms with Crippen LogP contribution in [0.4, 0.5) is 0 Å². The maximum atomic E-state index is 13.0. The van der Waals surface area contributed by atoms with E-state index in [1.54, 1.807) is 0 Å². The number of nitrogens with one attached hydrogen (secondary N) is 1. The molecule has 2 aromatic rings. The van der Waals surface area contributed by atoms with Crippen LogP contribution in [0.25, 0.3) is 10.2 Å². The average Bonchev–Trinajstić information content (AvgIpc) is 3.28. The Labute approximate surface area is 166 Å². The summed E-state index contributed by atoms with van der Waals surface area (Å²) in [6.07, 6.45) is 0.351. The van der Waals surface area contributed by atoms with E-state index in [1.807, 2.05) is 24.3 Å². The number of thiazole rings is 1. The number of benzene rings is 1. The van der Waals surface area contributed by atoms with Crippen LogP contribution in [-0.2, 0) is 9.59 Å². The van der Waals surface area contributed by atoms with Gasteiger partial charge >= 0.3 is 0 Å². The molecule has 0 spiro atoms. The predicted octanol–water partition coefficient (Wildman–Crippen LogP) is 0.684. The van der Waals surface area contributed by atoms with Crippen LogP contribution >= 0.6 is 11.3 Å². The Hall–Kier alpha value is -2.36. The highest BCUT2D eigenvalue weighted by Crippen LogP contribution is 2.24. The minimum Gasteiger partial charge on any atom is -0.391 e. The molecule has 1 unspecified atom stereocenters. The first-order valence-electron chi connectivity index (χ1n) is 9.26. The maximum Gasteiger partial charge on any atom is 0.243 e. The van der Waals surface area contributed by atoms with E-state index >= 15 is 0 Å². The van der Waals surface area contributed by atoms with E-state index in [9.17, 15) is 19.5 Å². The fraction of sp³-hybridized carbons (Fsp3) is 0.474. The average molecular weight is 404 g/mol. The molecule has 9 heteroatoms. The van der Waals surface area contributed by atoms with Gasteiger partial charge in [0.05, 0.1) is 22.4 Å². The number of rotatable bonds is 7. The Morgan fingerprint density at radius 3 is 2.82 bits per heavy atom. The third kappa shape index (κ3) is 4.37. The molecular formula is C19H24N4O4S. The molecule has 8 nitrogen and oxygen atoms in total. The van der Waals surface area contributed by atoms with Gasteiger partial charge in [0.2, 0.25) is 17.6 Å². The third-order valence-electron chi connectivity index (χ3n) is 4.82. The molecule has 1 aromatic heterocycles. The van der Waals surface area contributed by atoms with Gasteiger partial charge in [-0.1, -0.05) is 12.1 Å². The number of amides is 2. The number of carbonyl (C=O) groups excluding carboxylic acids is 3. The number of aromatic nitrogens is 1. The van der Waals surface area contributed by atoms with Gasteiger partial charge in [-0.05, 0) is 31.5 Å². The Morgan fingerprint density at radius 1 is 1.39 bits per heavy atom. The molecule has 3 atom stereocenters. The number of aliphatic hydroxyl groups is 1. The summed E-state index contributed by atoms with van der Waals surface area (Å²) in [5.41, 5.74) is 6.32. The molecule has 1 fully saturated rings. The van der Waals surface area contributed by atoms with Crippen molar-refractivity contribution >= 4 is 39.2 Å². The topological polar surface area (TPSA) is 126 Å². The Bertz CT molecular complexity index is 851. The standard InChI is InChI=1S/C19H24N4O4S/c1-11(24)23-10-12(25)9-15(23)18(27)21-14(6-4-8-20)17(26)19-22-13-5-2-3-7-16(13)28-19/h2-3,5,7,12,14-15,25H,4,6,8-10,20H2,1H3,(H,21,27)/t12-,14?,15+/m1/s1. The van der Waals surface area contributed by atoms with E-state index < -0.39 is 24.1 Å². The van der Waals surface area contributed by atoms with Gasteiger partial charge in [0.1, 0.15) is 6.04 Å². The van der Waals surface area contributed by atoms with Crippen LogP contribution in [0.3, 0.4) is 0 Å². The molecule has 1 aromatic carbocycles. The summed E-state index contributed by atoms with van der Waals surface area (Å²) in [6, 6.07) is 5.90. The summed E-state index contributed by atoms with van der Waals surface area (Å²) < 4.78 is 0.899. The Morgan fingerprint density at radius 2 is 2.14 bits per heavy atom. The smallest absolute Gasteiger partial charge is 0.243 e. The highest BCUT2D eigenvalue weighted by atomic mass is 32.1. The Kier molecular flexibility index (Phi) is 6.38. The van der Waals surface area contributed by atoms with E-state index in [0.717, 1.165) is 10.2 Å². The van der Waals surface area contributed by atoms with Crippen molar-refractivity contribution in [3.05, 3.63) is 29.3 Å². The first-order valence-corrected chi connectivity index (χ1v) is 10.1. The fourth-order valence-electron chi connectivity index (χ4n) is 3.40. The highest BCUT2D eigenvalue weighted by molar-refractivity contribution is 7.20. The molecule has 2 amide bonds. The van der Waals surface area contributed by atoms with Crippen molar-refractivity contribution in [2.45, 2.75) is 44.4 Å². The molecule has 0 radical (unpaired) electrons. The summed E-state index contributed by atoms with van der Waals surface area (Å²) >= 11 is 1.28. The first kappa shape index (κ1) is 20.4. The summed E-state index contributed by atoms with van der Waals surface area (Å²) in [5, 5.41) is 12.9. The zero-order chi connectivity index (χ0) is 20.3. The van der Waals surface area contributed by atoms with Crippen LogP contribution < -0.4 is 11.1 Å². The molecule has 0 bridgehead atoms. The molecule has 150 valence electrons. The Balaban J connectivity index is 1.78. The van der Waals surface area contributed by atoms with Crippen LogP contribution in [0, 0.1) is 0 Å². The number of hydrogen-bond donors (Lipinski definition) is 3. The second kappa shape index (κ2) is 8.76. The third-order valence-corrected chi connectivity index (χ3v) is 5.87. The number of nitrogens with two attached hydrogens (primary N) is 1. The second-order valence-electron chi connectivity index (χ2n) is 6.92. The van der Waals surface area contributed by atoms with Crippen molar-refractivity contribution in [3.8, 4) is 0 Å². The zero-order valence-electron chi connectivity index (χ0n) is 15.6. The molecule has 28 heavy (non-hydrogen) atoms. The van der Waals surface area contributed by atoms with Crippen molar-refractivity contribution in [3.63, 3.8) is 0 Å². The number of Topliss-reactive ketones (excluding diaryl/α,β-unsaturated/α-hetero) is 1. The number of aliphatic hydroxyl groups excluding tert-OH is 1. The first-order chi connectivity index (χ1) is 13.4. The number of β-amino-alcohol motifs (C(OH)–C–C–N with tert-alkyl or cyclic N) is 1. The van der Waals surface area contributed by atoms with Crippen LogP contribution in [0.2, 0.25) is 0 Å². The van der Waals surface area contributed by atoms with Crippen LogP contribution in [-0.4, -0.2) is 63.9 Å². The number of hydrogen-bond acceptors (Lipinski definition) is 7. The van der Waals surface area contributed by atoms with Gasteiger partial charge in [0.25, 0.3) is 0 Å². The minimum atomic E-state index is -0.781. The van der Waals surface area contributed by atoms with Gasteiger partial charge in [0, 0.05) is 19.9 Å². The second-order valence-corrected chi connectivity index (χ2v) is 7.95. The number of fused-ring (bicyclic) bond motifs is 1. The molecule has 0 saturated carbocycles. The van der Waals surface area contributed by atoms with E-state index in [0.29, 0.717) is 24.4 Å². The SMILES string of the molecule is CC(=O)N1C[C@H](O)C[C@H]1C(=O)NC(CCCN)C(=O)c1nc2ccccc2s1. The number of carbonyl (C=O) groups is 3. The monoisotopic (exact) mass is 404 g/mol. The molecule has 1 saturated heterocycles. The number of para-hydroxylation sites is 1. The summed E-state index contributed by atoms with van der Waals surface area (Å²) in [7, 11) is 0. The molecule has 1 aliphatic heterocycles. The number of nitrogens with zero attached hydrogens (tertiary/aromatic N) is 2. The summed E-state index contributed by atoms with van der Waals surface area (Å²) in [6.45, 7) is 1.87. The minimum absolute atomic E-state index is 0.118. The van der Waals surface area contributed by atoms with Gasteiger partial charge in [-0.15, -0.1) is 11.3 Å². The van der Waals surface area contributed by atoms with Gasteiger partial charge in [-0.3, -0.25) is 14.4 Å². The zero-order valence-corrected chi connectivity index (χ0v) is 16.4. The van der Waals surface area contributed by atoms with Gasteiger partial charge in [0.15, 0.2) is 5.01 Å². The lowest BCUT2D eigenvalue weighted by molar-refractivity contribution is -0.137. The molecule has 3 rings (SSSR count). The van der Waals surface area contributed by atoms with E-state index in [1.165, 1.54) is 23.2 Å². The lowest BCUT2D eigenvalue weighted by Crippen LogP contribution is -2.50. The van der Waals surface area contributed by atoms with Crippen molar-refractivity contribution in [1.82, 2.24) is 15.2 Å². The van der Waals surface area contributed by atoms with E-state index in [-0.39, 0.29) is 24.7 Å². The summed E-state index contributed by atoms with van der Waals surface area (Å²) in [4.78, 5) is 43.3. The van der Waals surface area contributed by atoms with Gasteiger partial charge in [-0.25, -0.2) is 4.98 Å². The van der Waals surface area contributed by atoms with Crippen LogP contribution in [0.15, 0.2) is 24.3 Å². The highest BCUT2D eigenvalue weighted by Gasteiger charge is 2.39. The van der Waals surface area contributed by atoms with Crippen molar-refractivity contribution < 1.29 is 19.5 Å². The van der Waals surface area contributed by atoms with E-state index in [2.05, 4.69) is 10.3 Å². The number of ketones is 1. The molecule has 1 aliphatic rings. The largest absolute Gasteiger partial charge is 0.391 e. The van der Waals surface area contributed by atoms with Crippen LogP contribution in [0.1, 0.15) is 36.0 Å². The maximum absolute atomic E-state index is 13.0. The van der Waals surface area contributed by atoms with Gasteiger partial charge < -0.3 is 21.1 Å². The molecule has 0 aliphatic carbocycles. The van der Waals surface area contributed by atoms with Gasteiger partial charge in [-0.2, -0.15) is 0 Å². The number of likely N-dealkylation sites (tertiary alicyclic amines) is 1. The molecule has 2 heterocycles. The lowest BCUT2D eigenvalue weighted by Gasteiger charge is -2.24. The summed E-state index contributed by atoms with van der Waals surface area (Å²) in [5.74, 6) is -0.994.